The van der Waals surface area contributed by atoms with Gasteiger partial charge >= 0.3 is 5.97 Å². The number of benzene rings is 3. The van der Waals surface area contributed by atoms with Crippen LogP contribution in [0.1, 0.15) is 50.3 Å². The monoisotopic (exact) mass is 544 g/mol. The smallest absolute Gasteiger partial charge is 0.305 e. The van der Waals surface area contributed by atoms with Gasteiger partial charge in [-0.25, -0.2) is 4.39 Å². The van der Waals surface area contributed by atoms with Gasteiger partial charge in [0.2, 0.25) is 0 Å². The third-order valence-corrected chi connectivity index (χ3v) is 7.02. The molecule has 0 unspecified atom stereocenters. The van der Waals surface area contributed by atoms with Crippen LogP contribution in [0.3, 0.4) is 0 Å². The van der Waals surface area contributed by atoms with Crippen molar-refractivity contribution in [2.75, 3.05) is 5.32 Å². The average Bonchev–Trinajstić information content (AvgIpc) is 3.26. The summed E-state index contributed by atoms with van der Waals surface area (Å²) in [6, 6.07) is 26.6. The number of nitrogens with zero attached hydrogens (tertiary/aromatic N) is 1. The number of hydrogen-bond acceptors (Lipinski definition) is 4. The van der Waals surface area contributed by atoms with E-state index in [0.29, 0.717) is 19.5 Å². The average molecular weight is 545 g/mol. The number of carboxylic acid groups (broad SMARTS) is 1. The summed E-state index contributed by atoms with van der Waals surface area (Å²) in [5.74, 6) is -1.30. The number of halogens is 1. The number of para-hydroxylation sites is 1. The van der Waals surface area contributed by atoms with Gasteiger partial charge < -0.3 is 25.2 Å². The first-order valence-electron chi connectivity index (χ1n) is 13.7. The Morgan fingerprint density at radius 1 is 0.875 bits per heavy atom. The predicted molar refractivity (Wildman–Crippen MR) is 157 cm³/mol. The lowest BCUT2D eigenvalue weighted by molar-refractivity contribution is -0.139. The molecule has 2 atom stereocenters. The van der Waals surface area contributed by atoms with Crippen LogP contribution in [0, 0.1) is 5.82 Å². The lowest BCUT2D eigenvalue weighted by Gasteiger charge is -2.20. The fourth-order valence-electron chi connectivity index (χ4n) is 5.33. The first-order chi connectivity index (χ1) is 19.2. The molecule has 4 aromatic rings. The maximum atomic E-state index is 14.0. The van der Waals surface area contributed by atoms with Gasteiger partial charge in [-0.2, -0.15) is 0 Å². The molecule has 0 saturated heterocycles. The molecule has 7 heteroatoms. The number of aromatic nitrogens is 1. The van der Waals surface area contributed by atoms with Gasteiger partial charge in [0.05, 0.1) is 24.3 Å². The normalized spacial score (nSPS) is 12.8. The summed E-state index contributed by atoms with van der Waals surface area (Å²) in [5.41, 5.74) is 7.07. The van der Waals surface area contributed by atoms with E-state index in [1.807, 2.05) is 48.5 Å². The Balaban J connectivity index is 1.84. The number of carbonyl (C=O) groups is 1. The van der Waals surface area contributed by atoms with Gasteiger partial charge in [0, 0.05) is 35.6 Å². The van der Waals surface area contributed by atoms with Crippen molar-refractivity contribution in [2.45, 2.75) is 64.3 Å². The predicted octanol–water partition coefficient (Wildman–Crippen LogP) is 6.67. The summed E-state index contributed by atoms with van der Waals surface area (Å²) in [6.07, 6.45) is -2.12. The molecule has 6 nitrogen and oxygen atoms in total. The molecule has 0 aliphatic heterocycles. The van der Waals surface area contributed by atoms with E-state index in [-0.39, 0.29) is 18.2 Å². The van der Waals surface area contributed by atoms with Crippen molar-refractivity contribution in [1.29, 1.82) is 0 Å². The Morgan fingerprint density at radius 2 is 1.50 bits per heavy atom. The number of anilines is 1. The molecule has 0 amide bonds. The Hall–Kier alpha value is -3.94. The molecule has 210 valence electrons. The Bertz CT molecular complexity index is 1390. The highest BCUT2D eigenvalue weighted by atomic mass is 19.1. The number of nitrogens with one attached hydrogen (secondary N) is 1. The summed E-state index contributed by atoms with van der Waals surface area (Å²) in [4.78, 5) is 11.0. The number of aliphatic hydroxyl groups excluding tert-OH is 2. The van der Waals surface area contributed by atoms with Crippen LogP contribution in [0.4, 0.5) is 10.1 Å². The molecule has 1 aromatic heterocycles. The van der Waals surface area contributed by atoms with Crippen LogP contribution in [-0.4, -0.2) is 38.1 Å². The van der Waals surface area contributed by atoms with E-state index in [2.05, 4.69) is 35.9 Å². The molecule has 0 bridgehead atoms. The minimum absolute atomic E-state index is 0.0234. The molecule has 4 rings (SSSR count). The molecule has 0 saturated carbocycles. The lowest BCUT2D eigenvalue weighted by Crippen LogP contribution is -2.22. The largest absolute Gasteiger partial charge is 0.481 e. The fraction of sp³-hybridized carbons (Fsp3) is 0.303. The summed E-state index contributed by atoms with van der Waals surface area (Å²) < 4.78 is 16.2. The van der Waals surface area contributed by atoms with Crippen LogP contribution >= 0.6 is 0 Å². The Labute approximate surface area is 234 Å². The van der Waals surface area contributed by atoms with Crippen LogP contribution in [0.2, 0.25) is 0 Å². The standard InChI is InChI=1S/C33H37FN2O4/c1-22(2)32-29(21-35-26-11-7-4-8-12-26)31(23-9-5-3-6-10-23)33(24-13-15-25(34)16-14-24)36(32)18-17-27(37)19-28(38)20-30(39)40/h3-16,22,27-28,35,37-38H,17-21H2,1-2H3,(H,39,40)/t27-,28-/m1/s1. The van der Waals surface area contributed by atoms with Crippen molar-refractivity contribution in [1.82, 2.24) is 4.57 Å². The zero-order chi connectivity index (χ0) is 28.6. The summed E-state index contributed by atoms with van der Waals surface area (Å²) in [5, 5.41) is 33.4. The molecule has 40 heavy (non-hydrogen) atoms. The van der Waals surface area contributed by atoms with Crippen molar-refractivity contribution in [2.24, 2.45) is 0 Å². The highest BCUT2D eigenvalue weighted by Gasteiger charge is 2.27. The summed E-state index contributed by atoms with van der Waals surface area (Å²) >= 11 is 0. The van der Waals surface area contributed by atoms with Crippen LogP contribution in [0.15, 0.2) is 84.9 Å². The van der Waals surface area contributed by atoms with Gasteiger partial charge in [-0.3, -0.25) is 4.79 Å². The quantitative estimate of drug-likeness (QED) is 0.151. The van der Waals surface area contributed by atoms with Crippen molar-refractivity contribution in [3.8, 4) is 22.4 Å². The molecule has 3 aromatic carbocycles. The van der Waals surface area contributed by atoms with E-state index in [4.69, 9.17) is 5.11 Å². The zero-order valence-corrected chi connectivity index (χ0v) is 22.9. The van der Waals surface area contributed by atoms with Crippen molar-refractivity contribution in [3.05, 3.63) is 102 Å². The molecule has 4 N–H and O–H groups in total. The minimum Gasteiger partial charge on any atom is -0.481 e. The van der Waals surface area contributed by atoms with E-state index in [0.717, 1.165) is 39.3 Å². The Kier molecular flexibility index (Phi) is 9.74. The van der Waals surface area contributed by atoms with Gasteiger partial charge in [-0.05, 0) is 66.3 Å². The van der Waals surface area contributed by atoms with E-state index < -0.39 is 24.6 Å². The second kappa shape index (κ2) is 13.4. The van der Waals surface area contributed by atoms with Crippen LogP contribution in [0.25, 0.3) is 22.4 Å². The fourth-order valence-corrected chi connectivity index (χ4v) is 5.33. The second-order valence-electron chi connectivity index (χ2n) is 10.4. The van der Waals surface area contributed by atoms with Crippen LogP contribution in [-0.2, 0) is 17.9 Å². The van der Waals surface area contributed by atoms with Gasteiger partial charge in [-0.1, -0.05) is 62.4 Å². The summed E-state index contributed by atoms with van der Waals surface area (Å²) in [7, 11) is 0. The Morgan fingerprint density at radius 3 is 2.10 bits per heavy atom. The SMILES string of the molecule is CC(C)c1c(CNc2ccccc2)c(-c2ccccc2)c(-c2ccc(F)cc2)n1CC[C@@H](O)C[C@@H](O)CC(=O)O. The highest BCUT2D eigenvalue weighted by Crippen LogP contribution is 2.42. The third-order valence-electron chi connectivity index (χ3n) is 7.02. The topological polar surface area (TPSA) is 94.7 Å². The van der Waals surface area contributed by atoms with E-state index in [1.54, 1.807) is 12.1 Å². The maximum Gasteiger partial charge on any atom is 0.305 e. The van der Waals surface area contributed by atoms with Crippen molar-refractivity contribution >= 4 is 11.7 Å². The van der Waals surface area contributed by atoms with E-state index in [9.17, 15) is 19.4 Å². The molecule has 0 aliphatic carbocycles. The van der Waals surface area contributed by atoms with Gasteiger partial charge in [0.25, 0.3) is 0 Å². The molecule has 0 fully saturated rings. The van der Waals surface area contributed by atoms with Crippen LogP contribution in [0.5, 0.6) is 0 Å². The van der Waals surface area contributed by atoms with Crippen LogP contribution < -0.4 is 5.32 Å². The molecule has 1 heterocycles. The van der Waals surface area contributed by atoms with Gasteiger partial charge in [0.15, 0.2) is 0 Å². The molecular weight excluding hydrogens is 507 g/mol. The van der Waals surface area contributed by atoms with Crippen molar-refractivity contribution < 1.29 is 24.5 Å². The number of rotatable bonds is 13. The maximum absolute atomic E-state index is 14.0. The minimum atomic E-state index is -1.12. The molecule has 0 aliphatic rings. The third kappa shape index (κ3) is 7.17. The summed E-state index contributed by atoms with van der Waals surface area (Å²) in [6.45, 7) is 5.26. The second-order valence-corrected chi connectivity index (χ2v) is 10.4. The first-order valence-corrected chi connectivity index (χ1v) is 13.7. The number of hydrogen-bond donors (Lipinski definition) is 4. The zero-order valence-electron chi connectivity index (χ0n) is 22.9. The number of aliphatic hydroxyl groups is 2. The molecular formula is C33H37FN2O4. The van der Waals surface area contributed by atoms with E-state index >= 15 is 0 Å². The lowest BCUT2D eigenvalue weighted by atomic mass is 9.95. The molecule has 0 spiro atoms. The van der Waals surface area contributed by atoms with Crippen molar-refractivity contribution in [3.63, 3.8) is 0 Å². The number of aliphatic carboxylic acids is 1. The first kappa shape index (κ1) is 29.1. The van der Waals surface area contributed by atoms with Gasteiger partial charge in [0.1, 0.15) is 5.82 Å². The number of carboxylic acids is 1. The van der Waals surface area contributed by atoms with E-state index in [1.165, 1.54) is 12.1 Å². The molecule has 0 radical (unpaired) electrons. The van der Waals surface area contributed by atoms with Gasteiger partial charge in [-0.15, -0.1) is 0 Å². The highest BCUT2D eigenvalue weighted by molar-refractivity contribution is 5.86.